The topological polar surface area (TPSA) is 80.9 Å². The second-order valence-electron chi connectivity index (χ2n) is 8.19. The minimum atomic E-state index is -0.550. The Kier molecular flexibility index (Phi) is 4.12. The number of carbonyl (C=O) groups is 1. The Morgan fingerprint density at radius 3 is 2.58 bits per heavy atom. The number of ether oxygens (including phenoxy) is 2. The maximum atomic E-state index is 13.4. The van der Waals surface area contributed by atoms with Gasteiger partial charge in [-0.2, -0.15) is 0 Å². The zero-order valence-corrected chi connectivity index (χ0v) is 17.0. The van der Waals surface area contributed by atoms with Gasteiger partial charge < -0.3 is 23.8 Å². The number of nitrogens with zero attached hydrogens (tertiary/aromatic N) is 4. The molecular weight excluding hydrogens is 396 g/mol. The van der Waals surface area contributed by atoms with Gasteiger partial charge in [0, 0.05) is 44.0 Å². The lowest BCUT2D eigenvalue weighted by atomic mass is 9.99. The summed E-state index contributed by atoms with van der Waals surface area (Å²) < 4.78 is 16.4. The van der Waals surface area contributed by atoms with E-state index in [1.165, 1.54) is 0 Å². The molecule has 3 aliphatic rings. The zero-order chi connectivity index (χ0) is 20.8. The normalized spacial score (nSPS) is 18.8. The summed E-state index contributed by atoms with van der Waals surface area (Å²) in [6, 6.07) is 13.5. The van der Waals surface area contributed by atoms with Gasteiger partial charge in [0.25, 0.3) is 0 Å². The van der Waals surface area contributed by atoms with Crippen LogP contribution in [0.2, 0.25) is 0 Å². The van der Waals surface area contributed by atoms with Crippen LogP contribution in [0.3, 0.4) is 0 Å². The zero-order valence-electron chi connectivity index (χ0n) is 17.0. The van der Waals surface area contributed by atoms with Crippen molar-refractivity contribution >= 4 is 11.7 Å². The molecule has 0 spiro atoms. The standard InChI is InChI=1S/C23H22N4O4/c28-22(27-11-9-26(10-12-27)21-3-1-2-8-24-21)23(6-7-23)20-14-18(31-25-20)16-4-5-17-19(13-16)30-15-29-17/h1-5,8,13-14H,6-7,9-12,15H2. The largest absolute Gasteiger partial charge is 0.454 e. The summed E-state index contributed by atoms with van der Waals surface area (Å²) in [7, 11) is 0. The second kappa shape index (κ2) is 7.01. The summed E-state index contributed by atoms with van der Waals surface area (Å²) >= 11 is 0. The third kappa shape index (κ3) is 3.10. The first-order valence-corrected chi connectivity index (χ1v) is 10.6. The van der Waals surface area contributed by atoms with Crippen molar-refractivity contribution in [1.29, 1.82) is 0 Å². The molecule has 1 aromatic carbocycles. The van der Waals surface area contributed by atoms with Crippen LogP contribution in [-0.2, 0) is 10.2 Å². The molecule has 0 unspecified atom stereocenters. The van der Waals surface area contributed by atoms with E-state index in [1.807, 2.05) is 47.4 Å². The molecule has 8 heteroatoms. The van der Waals surface area contributed by atoms with Gasteiger partial charge in [-0.05, 0) is 43.2 Å². The van der Waals surface area contributed by atoms with Gasteiger partial charge in [-0.3, -0.25) is 4.79 Å². The van der Waals surface area contributed by atoms with Crippen LogP contribution in [0.25, 0.3) is 11.3 Å². The fourth-order valence-corrected chi connectivity index (χ4v) is 4.37. The molecule has 0 atom stereocenters. The number of amides is 1. The Morgan fingerprint density at radius 1 is 0.968 bits per heavy atom. The van der Waals surface area contributed by atoms with Gasteiger partial charge in [0.05, 0.1) is 11.1 Å². The van der Waals surface area contributed by atoms with Crippen LogP contribution in [0.1, 0.15) is 18.5 Å². The molecule has 8 nitrogen and oxygen atoms in total. The third-order valence-electron chi connectivity index (χ3n) is 6.36. The van der Waals surface area contributed by atoms with Crippen molar-refractivity contribution in [3.05, 3.63) is 54.4 Å². The summed E-state index contributed by atoms with van der Waals surface area (Å²) in [5.74, 6) is 3.16. The van der Waals surface area contributed by atoms with Gasteiger partial charge in [0.15, 0.2) is 17.3 Å². The molecule has 3 aromatic rings. The first-order valence-electron chi connectivity index (χ1n) is 10.6. The van der Waals surface area contributed by atoms with Crippen LogP contribution < -0.4 is 14.4 Å². The summed E-state index contributed by atoms with van der Waals surface area (Å²) in [6.45, 7) is 3.15. The molecule has 1 aliphatic carbocycles. The third-order valence-corrected chi connectivity index (χ3v) is 6.36. The highest BCUT2D eigenvalue weighted by Gasteiger charge is 2.55. The Morgan fingerprint density at radius 2 is 1.81 bits per heavy atom. The predicted molar refractivity (Wildman–Crippen MR) is 112 cm³/mol. The molecule has 1 amide bonds. The van der Waals surface area contributed by atoms with Gasteiger partial charge in [0.2, 0.25) is 12.7 Å². The molecule has 1 saturated heterocycles. The van der Waals surface area contributed by atoms with E-state index in [4.69, 9.17) is 14.0 Å². The average Bonchev–Trinajstić information content (AvgIpc) is 3.25. The summed E-state index contributed by atoms with van der Waals surface area (Å²) in [5.41, 5.74) is 1.03. The van der Waals surface area contributed by atoms with E-state index in [2.05, 4.69) is 15.0 Å². The Balaban J connectivity index is 1.17. The molecule has 0 bridgehead atoms. The highest BCUT2D eigenvalue weighted by molar-refractivity contribution is 5.91. The molecule has 2 aliphatic heterocycles. The van der Waals surface area contributed by atoms with Crippen molar-refractivity contribution in [2.45, 2.75) is 18.3 Å². The molecule has 158 valence electrons. The second-order valence-corrected chi connectivity index (χ2v) is 8.19. The number of benzene rings is 1. The lowest BCUT2D eigenvalue weighted by molar-refractivity contribution is -0.134. The number of piperazine rings is 1. The molecule has 0 N–H and O–H groups in total. The molecule has 4 heterocycles. The Bertz CT molecular complexity index is 1120. The maximum Gasteiger partial charge on any atom is 0.235 e. The number of hydrogen-bond acceptors (Lipinski definition) is 7. The van der Waals surface area contributed by atoms with Gasteiger partial charge in [-0.1, -0.05) is 11.2 Å². The van der Waals surface area contributed by atoms with Crippen LogP contribution in [0.5, 0.6) is 11.5 Å². The van der Waals surface area contributed by atoms with Crippen molar-refractivity contribution in [1.82, 2.24) is 15.0 Å². The van der Waals surface area contributed by atoms with Gasteiger partial charge in [0.1, 0.15) is 5.82 Å². The van der Waals surface area contributed by atoms with Gasteiger partial charge in [-0.25, -0.2) is 4.98 Å². The lowest BCUT2D eigenvalue weighted by Gasteiger charge is -2.36. The van der Waals surface area contributed by atoms with Crippen LogP contribution in [-0.4, -0.2) is 53.9 Å². The van der Waals surface area contributed by atoms with E-state index in [1.54, 1.807) is 6.20 Å². The smallest absolute Gasteiger partial charge is 0.235 e. The summed E-state index contributed by atoms with van der Waals surface area (Å²) in [6.07, 6.45) is 3.41. The first kappa shape index (κ1) is 18.2. The van der Waals surface area contributed by atoms with Crippen molar-refractivity contribution < 1.29 is 18.8 Å². The van der Waals surface area contributed by atoms with E-state index < -0.39 is 5.41 Å². The van der Waals surface area contributed by atoms with Crippen molar-refractivity contribution in [3.63, 3.8) is 0 Å². The number of carbonyl (C=O) groups excluding carboxylic acids is 1. The van der Waals surface area contributed by atoms with Crippen LogP contribution in [0.4, 0.5) is 5.82 Å². The highest BCUT2D eigenvalue weighted by Crippen LogP contribution is 2.50. The first-order chi connectivity index (χ1) is 15.2. The van der Waals surface area contributed by atoms with Crippen LogP contribution in [0.15, 0.2) is 53.2 Å². The van der Waals surface area contributed by atoms with E-state index in [0.29, 0.717) is 24.6 Å². The van der Waals surface area contributed by atoms with E-state index in [0.717, 1.165) is 48.8 Å². The van der Waals surface area contributed by atoms with Crippen molar-refractivity contribution in [2.24, 2.45) is 0 Å². The number of rotatable bonds is 4. The van der Waals surface area contributed by atoms with Crippen LogP contribution >= 0.6 is 0 Å². The molecular formula is C23H22N4O4. The van der Waals surface area contributed by atoms with Crippen molar-refractivity contribution in [3.8, 4) is 22.8 Å². The predicted octanol–water partition coefficient (Wildman–Crippen LogP) is 2.85. The number of fused-ring (bicyclic) bond motifs is 1. The fraction of sp³-hybridized carbons (Fsp3) is 0.348. The number of pyridine rings is 1. The molecule has 1 saturated carbocycles. The van der Waals surface area contributed by atoms with Gasteiger partial charge >= 0.3 is 0 Å². The van der Waals surface area contributed by atoms with Crippen LogP contribution in [0, 0.1) is 0 Å². The van der Waals surface area contributed by atoms with E-state index in [9.17, 15) is 4.79 Å². The number of anilines is 1. The molecule has 0 radical (unpaired) electrons. The molecule has 31 heavy (non-hydrogen) atoms. The minimum absolute atomic E-state index is 0.152. The number of hydrogen-bond donors (Lipinski definition) is 0. The fourth-order valence-electron chi connectivity index (χ4n) is 4.37. The minimum Gasteiger partial charge on any atom is -0.454 e. The lowest BCUT2D eigenvalue weighted by Crippen LogP contribution is -2.51. The van der Waals surface area contributed by atoms with Crippen molar-refractivity contribution in [2.75, 3.05) is 37.9 Å². The monoisotopic (exact) mass is 418 g/mol. The quantitative estimate of drug-likeness (QED) is 0.644. The average molecular weight is 418 g/mol. The molecule has 2 fully saturated rings. The Labute approximate surface area is 179 Å². The Hall–Kier alpha value is -3.55. The maximum absolute atomic E-state index is 13.4. The van der Waals surface area contributed by atoms with Gasteiger partial charge in [-0.15, -0.1) is 0 Å². The molecule has 2 aromatic heterocycles. The molecule has 6 rings (SSSR count). The summed E-state index contributed by atoms with van der Waals surface area (Å²) in [5, 5.41) is 4.28. The summed E-state index contributed by atoms with van der Waals surface area (Å²) in [4.78, 5) is 22.0. The van der Waals surface area contributed by atoms with E-state index >= 15 is 0 Å². The van der Waals surface area contributed by atoms with E-state index in [-0.39, 0.29) is 12.7 Å². The number of aromatic nitrogens is 2. The highest BCUT2D eigenvalue weighted by atomic mass is 16.7. The SMILES string of the molecule is O=C(N1CCN(c2ccccn2)CC1)C1(c2cc(-c3ccc4c(c3)OCO4)on2)CC1.